The van der Waals surface area contributed by atoms with Gasteiger partial charge in [0.2, 0.25) is 0 Å². The van der Waals surface area contributed by atoms with E-state index in [4.69, 9.17) is 0 Å². The highest BCUT2D eigenvalue weighted by atomic mass is 15.3. The van der Waals surface area contributed by atoms with Crippen LogP contribution < -0.4 is 5.32 Å². The van der Waals surface area contributed by atoms with Crippen molar-refractivity contribution in [3.8, 4) is 0 Å². The van der Waals surface area contributed by atoms with Gasteiger partial charge in [-0.05, 0) is 37.6 Å². The summed E-state index contributed by atoms with van der Waals surface area (Å²) >= 11 is 0. The zero-order chi connectivity index (χ0) is 13.1. The van der Waals surface area contributed by atoms with Gasteiger partial charge in [0.15, 0.2) is 0 Å². The Morgan fingerprint density at radius 3 is 2.42 bits per heavy atom. The van der Waals surface area contributed by atoms with Crippen molar-refractivity contribution < 1.29 is 0 Å². The van der Waals surface area contributed by atoms with Gasteiger partial charge in [0.05, 0.1) is 0 Å². The zero-order valence-corrected chi connectivity index (χ0v) is 12.6. The number of piperazine rings is 1. The van der Waals surface area contributed by atoms with E-state index in [2.05, 4.69) is 22.0 Å². The molecule has 3 fully saturated rings. The molecule has 0 bridgehead atoms. The highest BCUT2D eigenvalue weighted by Crippen LogP contribution is 2.30. The molecule has 3 rings (SSSR count). The van der Waals surface area contributed by atoms with E-state index in [1.807, 2.05) is 0 Å². The molecule has 0 aromatic carbocycles. The maximum atomic E-state index is 3.46. The molecule has 3 heteroatoms. The van der Waals surface area contributed by atoms with Crippen LogP contribution in [0.5, 0.6) is 0 Å². The van der Waals surface area contributed by atoms with E-state index in [0.29, 0.717) is 0 Å². The number of rotatable bonds is 3. The van der Waals surface area contributed by atoms with Gasteiger partial charge in [-0.25, -0.2) is 0 Å². The second kappa shape index (κ2) is 6.55. The molecule has 3 nitrogen and oxygen atoms in total. The summed E-state index contributed by atoms with van der Waals surface area (Å²) in [7, 11) is 0. The molecule has 2 heterocycles. The summed E-state index contributed by atoms with van der Waals surface area (Å²) in [5, 5.41) is 3.46. The summed E-state index contributed by atoms with van der Waals surface area (Å²) in [6.07, 6.45) is 7.31. The fourth-order valence-electron chi connectivity index (χ4n) is 4.20. The first-order valence-electron chi connectivity index (χ1n) is 8.48. The molecule has 1 N–H and O–H groups in total. The van der Waals surface area contributed by atoms with Crippen LogP contribution in [-0.4, -0.2) is 61.7 Å². The van der Waals surface area contributed by atoms with Gasteiger partial charge < -0.3 is 10.2 Å². The first kappa shape index (κ1) is 13.8. The Hall–Kier alpha value is -0.120. The summed E-state index contributed by atoms with van der Waals surface area (Å²) in [4.78, 5) is 5.48. The Bertz CT molecular complexity index is 267. The Labute approximate surface area is 118 Å². The van der Waals surface area contributed by atoms with Crippen molar-refractivity contribution in [2.75, 3.05) is 45.8 Å². The first-order chi connectivity index (χ1) is 9.31. The van der Waals surface area contributed by atoms with Crippen molar-refractivity contribution in [1.82, 2.24) is 15.1 Å². The minimum absolute atomic E-state index is 0.851. The molecule has 0 aromatic heterocycles. The largest absolute Gasteiger partial charge is 0.314 e. The number of likely N-dealkylation sites (tertiary alicyclic amines) is 1. The third-order valence-corrected chi connectivity index (χ3v) is 5.57. The zero-order valence-electron chi connectivity index (χ0n) is 12.6. The van der Waals surface area contributed by atoms with Gasteiger partial charge in [-0.2, -0.15) is 0 Å². The van der Waals surface area contributed by atoms with E-state index < -0.39 is 0 Å². The Morgan fingerprint density at radius 2 is 1.68 bits per heavy atom. The van der Waals surface area contributed by atoms with Crippen molar-refractivity contribution in [2.45, 2.75) is 45.1 Å². The summed E-state index contributed by atoms with van der Waals surface area (Å²) in [5.74, 6) is 1.99. The van der Waals surface area contributed by atoms with Crippen LogP contribution >= 0.6 is 0 Å². The smallest absolute Gasteiger partial charge is 0.0236 e. The molecule has 3 aliphatic rings. The Balaban J connectivity index is 1.41. The van der Waals surface area contributed by atoms with E-state index in [1.165, 1.54) is 77.9 Å². The van der Waals surface area contributed by atoms with Gasteiger partial charge in [0.1, 0.15) is 0 Å². The molecule has 0 radical (unpaired) electrons. The molecule has 1 aliphatic carbocycles. The Kier molecular flexibility index (Phi) is 4.78. The van der Waals surface area contributed by atoms with Crippen LogP contribution in [0, 0.1) is 11.8 Å². The van der Waals surface area contributed by atoms with Crippen molar-refractivity contribution >= 4 is 0 Å². The van der Waals surface area contributed by atoms with Crippen LogP contribution in [0.1, 0.15) is 39.0 Å². The van der Waals surface area contributed by atoms with Crippen molar-refractivity contribution in [3.63, 3.8) is 0 Å². The summed E-state index contributed by atoms with van der Waals surface area (Å²) in [6.45, 7) is 11.4. The number of nitrogens with one attached hydrogen (secondary N) is 1. The average Bonchev–Trinajstić information content (AvgIpc) is 2.91. The van der Waals surface area contributed by atoms with Crippen LogP contribution in [0.25, 0.3) is 0 Å². The van der Waals surface area contributed by atoms with Crippen LogP contribution in [-0.2, 0) is 0 Å². The van der Waals surface area contributed by atoms with Gasteiger partial charge >= 0.3 is 0 Å². The van der Waals surface area contributed by atoms with E-state index in [-0.39, 0.29) is 0 Å². The van der Waals surface area contributed by atoms with Crippen LogP contribution in [0.4, 0.5) is 0 Å². The average molecular weight is 265 g/mol. The third-order valence-electron chi connectivity index (χ3n) is 5.57. The lowest BCUT2D eigenvalue weighted by Gasteiger charge is -2.33. The fraction of sp³-hybridized carbons (Fsp3) is 1.00. The van der Waals surface area contributed by atoms with E-state index in [9.17, 15) is 0 Å². The topological polar surface area (TPSA) is 18.5 Å². The van der Waals surface area contributed by atoms with Crippen LogP contribution in [0.3, 0.4) is 0 Å². The number of nitrogens with zero attached hydrogens (tertiary/aromatic N) is 2. The van der Waals surface area contributed by atoms with Gasteiger partial charge in [-0.1, -0.05) is 19.8 Å². The second-order valence-corrected chi connectivity index (χ2v) is 7.11. The SMILES string of the molecule is CC1CCC(CN2CCC(N3CCNCC3)C2)CC1. The molecule has 0 spiro atoms. The maximum Gasteiger partial charge on any atom is 0.0236 e. The first-order valence-corrected chi connectivity index (χ1v) is 8.48. The van der Waals surface area contributed by atoms with Gasteiger partial charge in [0, 0.05) is 45.3 Å². The predicted molar refractivity (Wildman–Crippen MR) is 80.4 cm³/mol. The summed E-state index contributed by atoms with van der Waals surface area (Å²) in [6, 6.07) is 0.851. The lowest BCUT2D eigenvalue weighted by molar-refractivity contribution is 0.159. The molecular weight excluding hydrogens is 234 g/mol. The number of hydrogen-bond donors (Lipinski definition) is 1. The molecule has 2 aliphatic heterocycles. The van der Waals surface area contributed by atoms with E-state index >= 15 is 0 Å². The highest BCUT2D eigenvalue weighted by molar-refractivity contribution is 4.87. The van der Waals surface area contributed by atoms with Crippen molar-refractivity contribution in [1.29, 1.82) is 0 Å². The Morgan fingerprint density at radius 1 is 0.947 bits per heavy atom. The molecule has 1 atom stereocenters. The molecule has 1 saturated carbocycles. The van der Waals surface area contributed by atoms with Crippen LogP contribution in [0.15, 0.2) is 0 Å². The van der Waals surface area contributed by atoms with E-state index in [0.717, 1.165) is 17.9 Å². The van der Waals surface area contributed by atoms with Crippen molar-refractivity contribution in [3.05, 3.63) is 0 Å². The lowest BCUT2D eigenvalue weighted by Crippen LogP contribution is -2.49. The molecule has 110 valence electrons. The highest BCUT2D eigenvalue weighted by Gasteiger charge is 2.30. The molecular formula is C16H31N3. The predicted octanol–water partition coefficient (Wildman–Crippen LogP) is 1.79. The summed E-state index contributed by atoms with van der Waals surface area (Å²) in [5.41, 5.74) is 0. The maximum absolute atomic E-state index is 3.46. The molecule has 1 unspecified atom stereocenters. The fourth-order valence-corrected chi connectivity index (χ4v) is 4.20. The minimum atomic E-state index is 0.851. The molecule has 19 heavy (non-hydrogen) atoms. The number of hydrogen-bond acceptors (Lipinski definition) is 3. The molecule has 0 amide bonds. The quantitative estimate of drug-likeness (QED) is 0.839. The monoisotopic (exact) mass is 265 g/mol. The molecule has 0 aromatic rings. The van der Waals surface area contributed by atoms with Gasteiger partial charge in [-0.3, -0.25) is 4.90 Å². The van der Waals surface area contributed by atoms with Crippen LogP contribution in [0.2, 0.25) is 0 Å². The third kappa shape index (κ3) is 3.71. The standard InChI is InChI=1S/C16H31N3/c1-14-2-4-15(5-3-14)12-18-9-6-16(13-18)19-10-7-17-8-11-19/h14-17H,2-13H2,1H3. The summed E-state index contributed by atoms with van der Waals surface area (Å²) < 4.78 is 0. The normalized spacial score (nSPS) is 38.7. The van der Waals surface area contributed by atoms with E-state index in [1.54, 1.807) is 0 Å². The van der Waals surface area contributed by atoms with Gasteiger partial charge in [-0.15, -0.1) is 0 Å². The van der Waals surface area contributed by atoms with Crippen molar-refractivity contribution in [2.24, 2.45) is 11.8 Å². The minimum Gasteiger partial charge on any atom is -0.314 e. The molecule has 2 saturated heterocycles. The lowest BCUT2D eigenvalue weighted by atomic mass is 9.83. The van der Waals surface area contributed by atoms with Gasteiger partial charge in [0.25, 0.3) is 0 Å². The second-order valence-electron chi connectivity index (χ2n) is 7.11.